The molecule has 1 amide bonds. The largest absolute Gasteiger partial charge is 0.399 e. The number of primary amides is 1. The second-order valence-electron chi connectivity index (χ2n) is 3.68. The number of amides is 1. The molecule has 0 radical (unpaired) electrons. The highest BCUT2D eigenvalue weighted by Crippen LogP contribution is 2.36. The molecule has 94 valence electrons. The third-order valence-corrected chi connectivity index (χ3v) is 3.91. The van der Waals surface area contributed by atoms with Crippen LogP contribution >= 0.6 is 23.4 Å². The first kappa shape index (κ1) is 14.2. The van der Waals surface area contributed by atoms with Gasteiger partial charge in [-0.3, -0.25) is 4.79 Å². The molecule has 1 atom stereocenters. The Morgan fingerprint density at radius 1 is 1.59 bits per heavy atom. The molecule has 17 heavy (non-hydrogen) atoms. The zero-order chi connectivity index (χ0) is 13.0. The van der Waals surface area contributed by atoms with E-state index in [-0.39, 0.29) is 11.9 Å². The summed E-state index contributed by atoms with van der Waals surface area (Å²) in [5, 5.41) is 9.40. The van der Waals surface area contributed by atoms with Gasteiger partial charge < -0.3 is 16.6 Å². The van der Waals surface area contributed by atoms with Crippen LogP contribution in [0.25, 0.3) is 0 Å². The van der Waals surface area contributed by atoms with Gasteiger partial charge in [0.25, 0.3) is 0 Å². The summed E-state index contributed by atoms with van der Waals surface area (Å²) in [6.07, 6.45) is 0.615. The maximum Gasteiger partial charge on any atom is 0.249 e. The van der Waals surface area contributed by atoms with Gasteiger partial charge in [-0.1, -0.05) is 18.5 Å². The van der Waals surface area contributed by atoms with Gasteiger partial charge in [-0.05, 0) is 18.6 Å². The molecular formula is C11H15ClN2O2S. The van der Waals surface area contributed by atoms with Crippen LogP contribution in [0.2, 0.25) is 5.02 Å². The quantitative estimate of drug-likeness (QED) is 0.565. The van der Waals surface area contributed by atoms with Crippen molar-refractivity contribution in [2.75, 3.05) is 12.3 Å². The van der Waals surface area contributed by atoms with Crippen LogP contribution in [0.1, 0.15) is 23.7 Å². The van der Waals surface area contributed by atoms with Gasteiger partial charge in [-0.25, -0.2) is 0 Å². The Balaban J connectivity index is 3.08. The number of halogens is 1. The molecule has 1 aromatic rings. The lowest BCUT2D eigenvalue weighted by molar-refractivity contribution is 0.0997. The number of thioether (sulfide) groups is 1. The Labute approximate surface area is 109 Å². The Kier molecular flexibility index (Phi) is 5.11. The van der Waals surface area contributed by atoms with E-state index in [1.807, 2.05) is 6.92 Å². The molecule has 0 fully saturated rings. The van der Waals surface area contributed by atoms with E-state index in [1.165, 1.54) is 17.8 Å². The minimum atomic E-state index is -0.558. The monoisotopic (exact) mass is 274 g/mol. The Hall–Kier alpha value is -0.910. The third kappa shape index (κ3) is 3.80. The number of aliphatic hydroxyl groups is 1. The van der Waals surface area contributed by atoms with Gasteiger partial charge in [-0.2, -0.15) is 0 Å². The summed E-state index contributed by atoms with van der Waals surface area (Å²) in [7, 11) is 0. The normalized spacial score (nSPS) is 12.4. The number of nitrogens with two attached hydrogens (primary N) is 2. The van der Waals surface area contributed by atoms with Crippen molar-refractivity contribution in [3.05, 3.63) is 22.7 Å². The van der Waals surface area contributed by atoms with Gasteiger partial charge in [-0.15, -0.1) is 11.8 Å². The highest BCUT2D eigenvalue weighted by atomic mass is 35.5. The molecule has 0 aliphatic rings. The van der Waals surface area contributed by atoms with Gasteiger partial charge in [0.05, 0.1) is 10.6 Å². The third-order valence-electron chi connectivity index (χ3n) is 2.19. The van der Waals surface area contributed by atoms with Crippen molar-refractivity contribution in [1.82, 2.24) is 0 Å². The minimum absolute atomic E-state index is 0.0899. The first-order valence-electron chi connectivity index (χ1n) is 5.12. The smallest absolute Gasteiger partial charge is 0.249 e. The Morgan fingerprint density at radius 2 is 2.24 bits per heavy atom. The van der Waals surface area contributed by atoms with E-state index in [2.05, 4.69) is 0 Å². The zero-order valence-electron chi connectivity index (χ0n) is 9.44. The highest BCUT2D eigenvalue weighted by Gasteiger charge is 2.16. The van der Waals surface area contributed by atoms with E-state index in [0.717, 1.165) is 0 Å². The van der Waals surface area contributed by atoms with E-state index >= 15 is 0 Å². The number of rotatable bonds is 5. The molecule has 0 aromatic heterocycles. The maximum atomic E-state index is 11.3. The number of hydrogen-bond donors (Lipinski definition) is 3. The number of anilines is 1. The average molecular weight is 275 g/mol. The van der Waals surface area contributed by atoms with Crippen molar-refractivity contribution in [3.63, 3.8) is 0 Å². The fourth-order valence-corrected chi connectivity index (χ4v) is 2.80. The van der Waals surface area contributed by atoms with Crippen molar-refractivity contribution in [1.29, 1.82) is 0 Å². The van der Waals surface area contributed by atoms with Crippen molar-refractivity contribution < 1.29 is 9.90 Å². The molecule has 1 unspecified atom stereocenters. The van der Waals surface area contributed by atoms with Crippen LogP contribution in [0.15, 0.2) is 17.0 Å². The summed E-state index contributed by atoms with van der Waals surface area (Å²) in [5.74, 6) is -0.558. The second-order valence-corrected chi connectivity index (χ2v) is 5.54. The summed E-state index contributed by atoms with van der Waals surface area (Å²) in [5.41, 5.74) is 11.6. The molecule has 0 spiro atoms. The number of aliphatic hydroxyl groups excluding tert-OH is 1. The zero-order valence-corrected chi connectivity index (χ0v) is 11.0. The van der Waals surface area contributed by atoms with Crippen LogP contribution in [0.3, 0.4) is 0 Å². The van der Waals surface area contributed by atoms with E-state index in [9.17, 15) is 4.79 Å². The molecule has 0 heterocycles. The molecule has 0 aliphatic carbocycles. The van der Waals surface area contributed by atoms with Crippen LogP contribution < -0.4 is 11.5 Å². The predicted molar refractivity (Wildman–Crippen MR) is 71.4 cm³/mol. The molecular weight excluding hydrogens is 260 g/mol. The molecule has 0 saturated heterocycles. The first-order valence-corrected chi connectivity index (χ1v) is 6.37. The fourth-order valence-electron chi connectivity index (χ4n) is 1.36. The summed E-state index contributed by atoms with van der Waals surface area (Å²) in [6, 6.07) is 3.10. The van der Waals surface area contributed by atoms with Crippen molar-refractivity contribution >= 4 is 35.0 Å². The molecule has 6 heteroatoms. The Bertz CT molecular complexity index is 426. The lowest BCUT2D eigenvalue weighted by Crippen LogP contribution is -2.14. The van der Waals surface area contributed by atoms with E-state index in [1.54, 1.807) is 6.07 Å². The summed E-state index contributed by atoms with van der Waals surface area (Å²) >= 11 is 7.46. The first-order chi connectivity index (χ1) is 7.95. The van der Waals surface area contributed by atoms with Gasteiger partial charge in [0, 0.05) is 22.4 Å². The number of carbonyl (C=O) groups excluding carboxylic acids is 1. The molecule has 0 bridgehead atoms. The van der Waals surface area contributed by atoms with Crippen LogP contribution in [-0.4, -0.2) is 22.9 Å². The number of benzene rings is 1. The van der Waals surface area contributed by atoms with Crippen LogP contribution in [0.5, 0.6) is 0 Å². The molecule has 1 rings (SSSR count). The second kappa shape index (κ2) is 6.14. The lowest BCUT2D eigenvalue weighted by atomic mass is 10.2. The summed E-state index contributed by atoms with van der Waals surface area (Å²) in [6.45, 7) is 2.03. The van der Waals surface area contributed by atoms with Crippen LogP contribution in [0.4, 0.5) is 5.69 Å². The van der Waals surface area contributed by atoms with Crippen molar-refractivity contribution in [3.8, 4) is 0 Å². The minimum Gasteiger partial charge on any atom is -0.399 e. The van der Waals surface area contributed by atoms with Gasteiger partial charge >= 0.3 is 0 Å². The molecule has 0 aliphatic heterocycles. The van der Waals surface area contributed by atoms with Crippen LogP contribution in [0, 0.1) is 0 Å². The van der Waals surface area contributed by atoms with E-state index < -0.39 is 5.91 Å². The van der Waals surface area contributed by atoms with Gasteiger partial charge in [0.2, 0.25) is 5.91 Å². The Morgan fingerprint density at radius 3 is 2.76 bits per heavy atom. The molecule has 4 nitrogen and oxygen atoms in total. The van der Waals surface area contributed by atoms with Crippen molar-refractivity contribution in [2.24, 2.45) is 5.73 Å². The number of hydrogen-bond acceptors (Lipinski definition) is 4. The topological polar surface area (TPSA) is 89.3 Å². The summed E-state index contributed by atoms with van der Waals surface area (Å²) in [4.78, 5) is 11.9. The average Bonchev–Trinajstić information content (AvgIpc) is 2.21. The standard InChI is InChI=1S/C11H15ClN2O2S/c1-6(2-3-15)17-10-8(11(14)16)4-7(13)5-9(10)12/h4-6,15H,2-3,13H2,1H3,(H2,14,16). The summed E-state index contributed by atoms with van der Waals surface area (Å²) < 4.78 is 0. The van der Waals surface area contributed by atoms with E-state index in [4.69, 9.17) is 28.2 Å². The maximum absolute atomic E-state index is 11.3. The molecule has 5 N–H and O–H groups in total. The van der Waals surface area contributed by atoms with Crippen molar-refractivity contribution in [2.45, 2.75) is 23.5 Å². The number of nitrogen functional groups attached to an aromatic ring is 1. The highest BCUT2D eigenvalue weighted by molar-refractivity contribution is 8.00. The molecule has 0 saturated carbocycles. The lowest BCUT2D eigenvalue weighted by Gasteiger charge is -2.14. The van der Waals surface area contributed by atoms with Gasteiger partial charge in [0.15, 0.2) is 0 Å². The van der Waals surface area contributed by atoms with Crippen LogP contribution in [-0.2, 0) is 0 Å². The van der Waals surface area contributed by atoms with E-state index in [0.29, 0.717) is 27.6 Å². The number of carbonyl (C=O) groups is 1. The molecule has 1 aromatic carbocycles. The predicted octanol–water partition coefficient (Wildman–Crippen LogP) is 1.88. The fraction of sp³-hybridized carbons (Fsp3) is 0.364. The van der Waals surface area contributed by atoms with Gasteiger partial charge in [0.1, 0.15) is 0 Å². The SMILES string of the molecule is CC(CCO)Sc1c(Cl)cc(N)cc1C(N)=O.